The Balaban J connectivity index is 1.58. The SMILES string of the molecule is CC(C)c1noc(C(C)Sc2nc3sc4c(c3c(=O)n2Cc2ccco2)CCCC4)n1. The van der Waals surface area contributed by atoms with Gasteiger partial charge in [0.1, 0.15) is 10.6 Å². The Morgan fingerprint density at radius 3 is 2.81 bits per heavy atom. The van der Waals surface area contributed by atoms with E-state index < -0.39 is 0 Å². The molecule has 0 radical (unpaired) electrons. The van der Waals surface area contributed by atoms with Crippen LogP contribution in [0.15, 0.2) is 37.3 Å². The number of aromatic nitrogens is 4. The maximum Gasteiger partial charge on any atom is 0.263 e. The van der Waals surface area contributed by atoms with Gasteiger partial charge in [0.25, 0.3) is 5.56 Å². The molecule has 4 aromatic heterocycles. The summed E-state index contributed by atoms with van der Waals surface area (Å²) in [5.74, 6) is 2.14. The molecule has 1 atom stereocenters. The molecule has 9 heteroatoms. The van der Waals surface area contributed by atoms with Crippen molar-refractivity contribution in [1.82, 2.24) is 19.7 Å². The molecule has 0 aromatic carbocycles. The van der Waals surface area contributed by atoms with E-state index in [9.17, 15) is 4.79 Å². The molecular formula is C22H24N4O3S2. The molecule has 1 aliphatic rings. The minimum atomic E-state index is -0.137. The molecule has 0 aliphatic heterocycles. The van der Waals surface area contributed by atoms with Gasteiger partial charge in [0.15, 0.2) is 11.0 Å². The summed E-state index contributed by atoms with van der Waals surface area (Å²) in [5, 5.41) is 5.36. The van der Waals surface area contributed by atoms with Gasteiger partial charge in [-0.3, -0.25) is 9.36 Å². The van der Waals surface area contributed by atoms with E-state index in [0.717, 1.165) is 35.2 Å². The van der Waals surface area contributed by atoms with Crippen molar-refractivity contribution in [2.45, 2.75) is 69.3 Å². The Bertz CT molecular complexity index is 1270. The number of hydrogen-bond acceptors (Lipinski definition) is 8. The van der Waals surface area contributed by atoms with Crippen molar-refractivity contribution in [2.24, 2.45) is 0 Å². The van der Waals surface area contributed by atoms with Crippen LogP contribution < -0.4 is 5.56 Å². The Morgan fingerprint density at radius 1 is 1.23 bits per heavy atom. The Morgan fingerprint density at radius 2 is 2.06 bits per heavy atom. The summed E-state index contributed by atoms with van der Waals surface area (Å²) in [4.78, 5) is 25.2. The average Bonchev–Trinajstić information content (AvgIpc) is 3.50. The third-order valence-electron chi connectivity index (χ3n) is 5.54. The zero-order chi connectivity index (χ0) is 21.5. The van der Waals surface area contributed by atoms with Gasteiger partial charge in [-0.15, -0.1) is 11.3 Å². The Hall–Kier alpha value is -2.39. The lowest BCUT2D eigenvalue weighted by atomic mass is 9.97. The highest BCUT2D eigenvalue weighted by Gasteiger charge is 2.25. The largest absolute Gasteiger partial charge is 0.467 e. The van der Waals surface area contributed by atoms with Crippen LogP contribution in [0.3, 0.4) is 0 Å². The van der Waals surface area contributed by atoms with Crippen LogP contribution in [0.2, 0.25) is 0 Å². The zero-order valence-electron chi connectivity index (χ0n) is 17.8. The highest BCUT2D eigenvalue weighted by molar-refractivity contribution is 7.99. The second-order valence-electron chi connectivity index (χ2n) is 8.16. The van der Waals surface area contributed by atoms with Crippen LogP contribution in [0, 0.1) is 0 Å². The van der Waals surface area contributed by atoms with Gasteiger partial charge in [0, 0.05) is 10.8 Å². The van der Waals surface area contributed by atoms with Crippen molar-refractivity contribution in [3.8, 4) is 0 Å². The van der Waals surface area contributed by atoms with Crippen molar-refractivity contribution in [3.63, 3.8) is 0 Å². The van der Waals surface area contributed by atoms with E-state index >= 15 is 0 Å². The molecule has 1 aliphatic carbocycles. The summed E-state index contributed by atoms with van der Waals surface area (Å²) in [5.41, 5.74) is 1.20. The molecule has 4 heterocycles. The molecule has 7 nitrogen and oxygen atoms in total. The lowest BCUT2D eigenvalue weighted by Crippen LogP contribution is -2.24. The second-order valence-corrected chi connectivity index (χ2v) is 10.6. The van der Waals surface area contributed by atoms with Gasteiger partial charge in [-0.25, -0.2) is 4.98 Å². The fraction of sp³-hybridized carbons (Fsp3) is 0.455. The van der Waals surface area contributed by atoms with E-state index in [1.807, 2.05) is 32.9 Å². The minimum absolute atomic E-state index is 0.00361. The van der Waals surface area contributed by atoms with E-state index in [2.05, 4.69) is 10.1 Å². The highest BCUT2D eigenvalue weighted by atomic mass is 32.2. The third kappa shape index (κ3) is 3.85. The Kier molecular flexibility index (Phi) is 5.47. The van der Waals surface area contributed by atoms with Crippen LogP contribution in [0.25, 0.3) is 10.2 Å². The Labute approximate surface area is 187 Å². The van der Waals surface area contributed by atoms with E-state index in [0.29, 0.717) is 23.4 Å². The van der Waals surface area contributed by atoms with Crippen molar-refractivity contribution in [2.75, 3.05) is 0 Å². The van der Waals surface area contributed by atoms with Gasteiger partial charge in [-0.1, -0.05) is 30.8 Å². The fourth-order valence-electron chi connectivity index (χ4n) is 3.86. The van der Waals surface area contributed by atoms with Crippen molar-refractivity contribution >= 4 is 33.3 Å². The van der Waals surface area contributed by atoms with Crippen molar-refractivity contribution < 1.29 is 8.94 Å². The number of thioether (sulfide) groups is 1. The number of aryl methyl sites for hydroxylation is 2. The predicted molar refractivity (Wildman–Crippen MR) is 121 cm³/mol. The standard InChI is InChI=1S/C22H24N4O3S2/c1-12(2)18-23-19(29-25-18)13(3)30-22-24-20-17(15-8-4-5-9-16(15)31-20)21(27)26(22)11-14-7-6-10-28-14/h6-7,10,12-13H,4-5,8-9,11H2,1-3H3. The molecule has 0 bridgehead atoms. The van der Waals surface area contributed by atoms with Crippen LogP contribution in [0.4, 0.5) is 0 Å². The van der Waals surface area contributed by atoms with Crippen LogP contribution in [0.1, 0.15) is 72.7 Å². The number of furan rings is 1. The third-order valence-corrected chi connectivity index (χ3v) is 7.80. The number of thiophene rings is 1. The molecule has 0 saturated carbocycles. The summed E-state index contributed by atoms with van der Waals surface area (Å²) in [7, 11) is 0. The number of nitrogens with zero attached hydrogens (tertiary/aromatic N) is 4. The van der Waals surface area contributed by atoms with E-state index in [4.69, 9.17) is 13.9 Å². The molecule has 5 rings (SSSR count). The maximum atomic E-state index is 13.6. The summed E-state index contributed by atoms with van der Waals surface area (Å²) < 4.78 is 12.7. The van der Waals surface area contributed by atoms with Gasteiger partial charge >= 0.3 is 0 Å². The highest BCUT2D eigenvalue weighted by Crippen LogP contribution is 2.37. The van der Waals surface area contributed by atoms with Gasteiger partial charge < -0.3 is 8.94 Å². The molecule has 0 saturated heterocycles. The van der Waals surface area contributed by atoms with Gasteiger partial charge in [-0.2, -0.15) is 4.98 Å². The van der Waals surface area contributed by atoms with Crippen LogP contribution in [-0.2, 0) is 19.4 Å². The number of fused-ring (bicyclic) bond motifs is 3. The quantitative estimate of drug-likeness (QED) is 0.286. The van der Waals surface area contributed by atoms with E-state index in [1.165, 1.54) is 28.6 Å². The topological polar surface area (TPSA) is 87.0 Å². The molecular weight excluding hydrogens is 432 g/mol. The van der Waals surface area contributed by atoms with Gasteiger partial charge in [-0.05, 0) is 50.3 Å². The van der Waals surface area contributed by atoms with Gasteiger partial charge in [0.2, 0.25) is 5.89 Å². The summed E-state index contributed by atoms with van der Waals surface area (Å²) >= 11 is 3.13. The molecule has 1 unspecified atom stereocenters. The molecule has 0 amide bonds. The molecule has 162 valence electrons. The van der Waals surface area contributed by atoms with E-state index in [-0.39, 0.29) is 16.7 Å². The van der Waals surface area contributed by atoms with E-state index in [1.54, 1.807) is 22.2 Å². The molecule has 0 N–H and O–H groups in total. The fourth-order valence-corrected chi connectivity index (χ4v) is 6.10. The first-order chi connectivity index (χ1) is 15.0. The molecule has 4 aromatic rings. The normalized spacial score (nSPS) is 15.0. The summed E-state index contributed by atoms with van der Waals surface area (Å²) in [6.45, 7) is 6.40. The molecule has 0 fully saturated rings. The van der Waals surface area contributed by atoms with Crippen molar-refractivity contribution in [3.05, 3.63) is 56.7 Å². The lowest BCUT2D eigenvalue weighted by Gasteiger charge is -2.14. The molecule has 31 heavy (non-hydrogen) atoms. The average molecular weight is 457 g/mol. The molecule has 0 spiro atoms. The van der Waals surface area contributed by atoms with Crippen LogP contribution in [0.5, 0.6) is 0 Å². The lowest BCUT2D eigenvalue weighted by molar-refractivity contribution is 0.372. The predicted octanol–water partition coefficient (Wildman–Crippen LogP) is 5.34. The zero-order valence-corrected chi connectivity index (χ0v) is 19.4. The number of rotatable bonds is 6. The maximum absolute atomic E-state index is 13.6. The monoisotopic (exact) mass is 456 g/mol. The summed E-state index contributed by atoms with van der Waals surface area (Å²) in [6, 6.07) is 3.71. The van der Waals surface area contributed by atoms with Crippen LogP contribution >= 0.6 is 23.1 Å². The second kappa shape index (κ2) is 8.27. The smallest absolute Gasteiger partial charge is 0.263 e. The van der Waals surface area contributed by atoms with Crippen molar-refractivity contribution in [1.29, 1.82) is 0 Å². The minimum Gasteiger partial charge on any atom is -0.467 e. The van der Waals surface area contributed by atoms with Crippen LogP contribution in [-0.4, -0.2) is 19.7 Å². The first-order valence-electron chi connectivity index (χ1n) is 10.6. The van der Waals surface area contributed by atoms with Gasteiger partial charge in [0.05, 0.1) is 23.4 Å². The summed E-state index contributed by atoms with van der Waals surface area (Å²) in [6.07, 6.45) is 5.91. The first-order valence-corrected chi connectivity index (χ1v) is 12.3. The first kappa shape index (κ1) is 20.5. The number of hydrogen-bond donors (Lipinski definition) is 0.